The Hall–Kier alpha value is -3.62. The van der Waals surface area contributed by atoms with Crippen LogP contribution in [0.5, 0.6) is 5.75 Å². The molecule has 3 aromatic rings. The number of rotatable bonds is 6. The highest BCUT2D eigenvalue weighted by molar-refractivity contribution is 5.92. The zero-order valence-electron chi connectivity index (χ0n) is 14.4. The summed E-state index contributed by atoms with van der Waals surface area (Å²) < 4.78 is 42.8. The number of carbonyl (C=O) groups is 1. The van der Waals surface area contributed by atoms with Gasteiger partial charge in [0.15, 0.2) is 5.82 Å². The molecule has 9 heteroatoms. The first-order valence-electron chi connectivity index (χ1n) is 8.16. The highest BCUT2D eigenvalue weighted by Gasteiger charge is 2.31. The molecular formula is C19H15F3N4O2. The number of carbonyl (C=O) groups excluding carboxylic acids is 1. The van der Waals surface area contributed by atoms with E-state index in [9.17, 15) is 18.0 Å². The van der Waals surface area contributed by atoms with Crippen LogP contribution in [-0.4, -0.2) is 27.0 Å². The molecular weight excluding hydrogens is 373 g/mol. The molecule has 6 nitrogen and oxygen atoms in total. The first-order chi connectivity index (χ1) is 13.4. The molecule has 0 saturated heterocycles. The molecule has 1 amide bonds. The van der Waals surface area contributed by atoms with Gasteiger partial charge in [0, 0.05) is 36.8 Å². The lowest BCUT2D eigenvalue weighted by atomic mass is 10.2. The van der Waals surface area contributed by atoms with Crippen LogP contribution in [0.2, 0.25) is 0 Å². The SMILES string of the molecule is O=C(/C=C/c1ccccc1OC(F)(F)F)NCc1ccnc(-n2cccn2)c1. The molecule has 2 aromatic heterocycles. The summed E-state index contributed by atoms with van der Waals surface area (Å²) in [7, 11) is 0. The minimum atomic E-state index is -4.81. The van der Waals surface area contributed by atoms with E-state index in [1.54, 1.807) is 47.5 Å². The van der Waals surface area contributed by atoms with Gasteiger partial charge >= 0.3 is 6.36 Å². The largest absolute Gasteiger partial charge is 0.573 e. The monoisotopic (exact) mass is 388 g/mol. The lowest BCUT2D eigenvalue weighted by Crippen LogP contribution is -2.20. The Morgan fingerprint density at radius 3 is 2.75 bits per heavy atom. The summed E-state index contributed by atoms with van der Waals surface area (Å²) in [6.07, 6.45) is 2.57. The van der Waals surface area contributed by atoms with Gasteiger partial charge < -0.3 is 10.1 Å². The fraction of sp³-hybridized carbons (Fsp3) is 0.105. The number of ether oxygens (including phenoxy) is 1. The van der Waals surface area contributed by atoms with Crippen molar-refractivity contribution in [3.05, 3.63) is 78.3 Å². The summed E-state index contributed by atoms with van der Waals surface area (Å²) in [5.74, 6) is -0.234. The summed E-state index contributed by atoms with van der Waals surface area (Å²) >= 11 is 0. The van der Waals surface area contributed by atoms with E-state index in [1.165, 1.54) is 24.3 Å². The van der Waals surface area contributed by atoms with Gasteiger partial charge in [-0.1, -0.05) is 18.2 Å². The Kier molecular flexibility index (Phi) is 5.73. The van der Waals surface area contributed by atoms with Crippen LogP contribution < -0.4 is 10.1 Å². The van der Waals surface area contributed by atoms with Gasteiger partial charge in [0.05, 0.1) is 0 Å². The molecule has 2 heterocycles. The molecule has 0 aliphatic heterocycles. The van der Waals surface area contributed by atoms with Gasteiger partial charge in [-0.05, 0) is 35.9 Å². The van der Waals surface area contributed by atoms with Crippen LogP contribution in [0.25, 0.3) is 11.9 Å². The van der Waals surface area contributed by atoms with Crippen molar-refractivity contribution in [2.45, 2.75) is 12.9 Å². The zero-order valence-corrected chi connectivity index (χ0v) is 14.4. The van der Waals surface area contributed by atoms with Crippen LogP contribution in [0.1, 0.15) is 11.1 Å². The fourth-order valence-electron chi connectivity index (χ4n) is 2.35. The van der Waals surface area contributed by atoms with E-state index in [1.807, 2.05) is 0 Å². The molecule has 0 bridgehead atoms. The number of hydrogen-bond donors (Lipinski definition) is 1. The zero-order chi connectivity index (χ0) is 20.0. The average Bonchev–Trinajstić information content (AvgIpc) is 3.19. The average molecular weight is 388 g/mol. The molecule has 0 spiro atoms. The Bertz CT molecular complexity index is 969. The summed E-state index contributed by atoms with van der Waals surface area (Å²) in [5.41, 5.74) is 0.933. The molecule has 3 rings (SSSR count). The van der Waals surface area contributed by atoms with Crippen molar-refractivity contribution in [3.8, 4) is 11.6 Å². The summed E-state index contributed by atoms with van der Waals surface area (Å²) in [6, 6.07) is 10.8. The number of aromatic nitrogens is 3. The van der Waals surface area contributed by atoms with Crippen molar-refractivity contribution in [2.24, 2.45) is 0 Å². The van der Waals surface area contributed by atoms with Gasteiger partial charge in [0.25, 0.3) is 0 Å². The number of nitrogens with one attached hydrogen (secondary N) is 1. The van der Waals surface area contributed by atoms with Crippen LogP contribution in [-0.2, 0) is 11.3 Å². The first kappa shape index (κ1) is 19.2. The summed E-state index contributed by atoms with van der Waals surface area (Å²) in [6.45, 7) is 0.223. The van der Waals surface area contributed by atoms with Crippen LogP contribution >= 0.6 is 0 Å². The quantitative estimate of drug-likeness (QED) is 0.657. The van der Waals surface area contributed by atoms with E-state index in [4.69, 9.17) is 0 Å². The van der Waals surface area contributed by atoms with Crippen molar-refractivity contribution < 1.29 is 22.7 Å². The number of alkyl halides is 3. The number of para-hydroxylation sites is 1. The summed E-state index contributed by atoms with van der Waals surface area (Å²) in [5, 5.41) is 6.75. The van der Waals surface area contributed by atoms with E-state index in [2.05, 4.69) is 20.1 Å². The Morgan fingerprint density at radius 2 is 2.00 bits per heavy atom. The first-order valence-corrected chi connectivity index (χ1v) is 8.16. The fourth-order valence-corrected chi connectivity index (χ4v) is 2.35. The standard InChI is InChI=1S/C19H15F3N4O2/c20-19(21,22)28-16-5-2-1-4-15(16)6-7-18(27)24-13-14-8-10-23-17(12-14)26-11-3-9-25-26/h1-12H,13H2,(H,24,27)/b7-6+. The lowest BCUT2D eigenvalue weighted by Gasteiger charge is -2.11. The van der Waals surface area contributed by atoms with Gasteiger partial charge in [0.1, 0.15) is 5.75 Å². The number of nitrogens with zero attached hydrogens (tertiary/aromatic N) is 3. The van der Waals surface area contributed by atoms with E-state index >= 15 is 0 Å². The lowest BCUT2D eigenvalue weighted by molar-refractivity contribution is -0.274. The van der Waals surface area contributed by atoms with Crippen LogP contribution in [0.15, 0.2) is 67.1 Å². The van der Waals surface area contributed by atoms with Gasteiger partial charge in [-0.3, -0.25) is 4.79 Å². The molecule has 0 fully saturated rings. The smallest absolute Gasteiger partial charge is 0.405 e. The number of hydrogen-bond acceptors (Lipinski definition) is 4. The Morgan fingerprint density at radius 1 is 1.18 bits per heavy atom. The predicted octanol–water partition coefficient (Wildman–Crippen LogP) is 3.50. The number of halogens is 3. The maximum atomic E-state index is 12.4. The topological polar surface area (TPSA) is 69.0 Å². The molecule has 1 N–H and O–H groups in total. The normalized spacial score (nSPS) is 11.5. The minimum Gasteiger partial charge on any atom is -0.405 e. The van der Waals surface area contributed by atoms with Crippen LogP contribution in [0.3, 0.4) is 0 Å². The van der Waals surface area contributed by atoms with Crippen LogP contribution in [0, 0.1) is 0 Å². The minimum absolute atomic E-state index is 0.139. The second kappa shape index (κ2) is 8.38. The molecule has 0 radical (unpaired) electrons. The van der Waals surface area contributed by atoms with Gasteiger partial charge in [0.2, 0.25) is 5.91 Å². The van der Waals surface area contributed by atoms with Gasteiger partial charge in [-0.15, -0.1) is 13.2 Å². The van der Waals surface area contributed by atoms with Crippen LogP contribution in [0.4, 0.5) is 13.2 Å². The highest BCUT2D eigenvalue weighted by atomic mass is 19.4. The second-order valence-electron chi connectivity index (χ2n) is 5.61. The van der Waals surface area contributed by atoms with Crippen molar-refractivity contribution in [3.63, 3.8) is 0 Å². The number of pyridine rings is 1. The molecule has 28 heavy (non-hydrogen) atoms. The van der Waals surface area contributed by atoms with E-state index in [0.717, 1.165) is 11.6 Å². The van der Waals surface area contributed by atoms with Crippen molar-refractivity contribution >= 4 is 12.0 Å². The summed E-state index contributed by atoms with van der Waals surface area (Å²) in [4.78, 5) is 16.2. The number of amides is 1. The predicted molar refractivity (Wildman–Crippen MR) is 95.4 cm³/mol. The molecule has 0 unspecified atom stereocenters. The molecule has 0 aliphatic carbocycles. The van der Waals surface area contributed by atoms with E-state index < -0.39 is 12.3 Å². The maximum absolute atomic E-state index is 12.4. The van der Waals surface area contributed by atoms with Gasteiger partial charge in [-0.2, -0.15) is 5.10 Å². The third-order valence-electron chi connectivity index (χ3n) is 3.57. The van der Waals surface area contributed by atoms with E-state index in [-0.39, 0.29) is 17.9 Å². The Balaban J connectivity index is 1.62. The highest BCUT2D eigenvalue weighted by Crippen LogP contribution is 2.26. The molecule has 0 aliphatic rings. The molecule has 0 saturated carbocycles. The van der Waals surface area contributed by atoms with Crippen molar-refractivity contribution in [1.29, 1.82) is 0 Å². The third-order valence-corrected chi connectivity index (χ3v) is 3.57. The Labute approximate surface area is 158 Å². The maximum Gasteiger partial charge on any atom is 0.573 e. The van der Waals surface area contributed by atoms with Crippen molar-refractivity contribution in [2.75, 3.05) is 0 Å². The van der Waals surface area contributed by atoms with Crippen molar-refractivity contribution in [1.82, 2.24) is 20.1 Å². The number of benzene rings is 1. The third kappa shape index (κ3) is 5.44. The molecule has 0 atom stereocenters. The van der Waals surface area contributed by atoms with Gasteiger partial charge in [-0.25, -0.2) is 9.67 Å². The molecule has 1 aromatic carbocycles. The molecule has 144 valence electrons. The second-order valence-corrected chi connectivity index (χ2v) is 5.61. The van der Waals surface area contributed by atoms with E-state index in [0.29, 0.717) is 5.82 Å².